The van der Waals surface area contributed by atoms with Crippen molar-refractivity contribution in [2.75, 3.05) is 0 Å². The molecule has 0 spiro atoms. The number of nitrogens with zero attached hydrogens (tertiary/aromatic N) is 1. The second kappa shape index (κ2) is 5.10. The lowest BCUT2D eigenvalue weighted by Crippen LogP contribution is -2.04. The maximum atomic E-state index is 12.3. The van der Waals surface area contributed by atoms with Crippen molar-refractivity contribution in [3.05, 3.63) is 47.0 Å². The molecule has 0 aliphatic rings. The molecule has 0 saturated carbocycles. The lowest BCUT2D eigenvalue weighted by atomic mass is 10.2. The first-order chi connectivity index (χ1) is 8.05. The van der Waals surface area contributed by atoms with E-state index in [1.807, 2.05) is 30.3 Å². The van der Waals surface area contributed by atoms with Crippen LogP contribution in [-0.2, 0) is 11.9 Å². The molecule has 2 rings (SSSR count). The number of hydrogen-bond donors (Lipinski definition) is 0. The third-order valence-electron chi connectivity index (χ3n) is 1.98. The van der Waals surface area contributed by atoms with Crippen molar-refractivity contribution < 1.29 is 13.2 Å². The summed E-state index contributed by atoms with van der Waals surface area (Å²) < 4.78 is 37.3. The van der Waals surface area contributed by atoms with Crippen molar-refractivity contribution in [3.8, 4) is 0 Å². The van der Waals surface area contributed by atoms with Crippen LogP contribution in [0.4, 0.5) is 13.2 Å². The molecule has 0 N–H and O–H groups in total. The fourth-order valence-corrected chi connectivity index (χ4v) is 2.96. The average molecular weight is 275 g/mol. The van der Waals surface area contributed by atoms with Crippen molar-refractivity contribution in [2.45, 2.75) is 16.3 Å². The number of alkyl halides is 3. The second-order valence-electron chi connectivity index (χ2n) is 3.27. The largest absolute Gasteiger partial charge is 0.434 e. The average Bonchev–Trinajstić information content (AvgIpc) is 2.76. The van der Waals surface area contributed by atoms with E-state index in [0.29, 0.717) is 10.1 Å². The normalized spacial score (nSPS) is 11.7. The predicted molar refractivity (Wildman–Crippen MR) is 63.1 cm³/mol. The number of halogens is 3. The van der Waals surface area contributed by atoms with Gasteiger partial charge in [0.05, 0.1) is 0 Å². The van der Waals surface area contributed by atoms with E-state index in [2.05, 4.69) is 4.98 Å². The molecule has 6 heteroatoms. The Labute approximate surface area is 105 Å². The fraction of sp³-hybridized carbons (Fsp3) is 0.182. The first-order valence-corrected chi connectivity index (χ1v) is 6.61. The van der Waals surface area contributed by atoms with Crippen LogP contribution in [-0.4, -0.2) is 4.98 Å². The Bertz CT molecular complexity index is 479. The summed E-state index contributed by atoms with van der Waals surface area (Å²) in [6.45, 7) is 0. The van der Waals surface area contributed by atoms with Crippen LogP contribution in [0.2, 0.25) is 0 Å². The first-order valence-electron chi connectivity index (χ1n) is 4.75. The molecule has 1 aromatic heterocycles. The van der Waals surface area contributed by atoms with Crippen LogP contribution in [0.15, 0.2) is 40.1 Å². The van der Waals surface area contributed by atoms with Crippen LogP contribution in [0.25, 0.3) is 0 Å². The number of thiazole rings is 1. The third kappa shape index (κ3) is 3.47. The van der Waals surface area contributed by atoms with Crippen LogP contribution < -0.4 is 0 Å². The van der Waals surface area contributed by atoms with Crippen molar-refractivity contribution in [1.82, 2.24) is 4.98 Å². The van der Waals surface area contributed by atoms with Crippen LogP contribution in [0.1, 0.15) is 11.3 Å². The zero-order valence-corrected chi connectivity index (χ0v) is 10.2. The van der Waals surface area contributed by atoms with Gasteiger partial charge in [-0.05, 0) is 5.56 Å². The Morgan fingerprint density at radius 1 is 1.18 bits per heavy atom. The maximum Gasteiger partial charge on any atom is 0.434 e. The van der Waals surface area contributed by atoms with Gasteiger partial charge in [0.1, 0.15) is 0 Å². The number of aromatic nitrogens is 1. The predicted octanol–water partition coefficient (Wildman–Crippen LogP) is 4.45. The summed E-state index contributed by atoms with van der Waals surface area (Å²) in [5.74, 6) is 0.631. The highest BCUT2D eigenvalue weighted by atomic mass is 32.2. The van der Waals surface area contributed by atoms with Gasteiger partial charge >= 0.3 is 6.18 Å². The summed E-state index contributed by atoms with van der Waals surface area (Å²) in [5, 5.41) is 1.05. The summed E-state index contributed by atoms with van der Waals surface area (Å²) in [4.78, 5) is 3.55. The number of thioether (sulfide) groups is 1. The van der Waals surface area contributed by atoms with Gasteiger partial charge in [-0.3, -0.25) is 0 Å². The zero-order valence-electron chi connectivity index (χ0n) is 8.57. The van der Waals surface area contributed by atoms with Gasteiger partial charge in [-0.15, -0.1) is 11.3 Å². The molecule has 90 valence electrons. The van der Waals surface area contributed by atoms with Crippen molar-refractivity contribution in [1.29, 1.82) is 0 Å². The van der Waals surface area contributed by atoms with Gasteiger partial charge in [-0.1, -0.05) is 42.1 Å². The molecule has 1 aromatic carbocycles. The molecule has 0 fully saturated rings. The molecule has 0 amide bonds. The van der Waals surface area contributed by atoms with Gasteiger partial charge in [0, 0.05) is 11.1 Å². The van der Waals surface area contributed by atoms with Gasteiger partial charge in [0.25, 0.3) is 0 Å². The van der Waals surface area contributed by atoms with Crippen molar-refractivity contribution in [2.24, 2.45) is 0 Å². The molecule has 0 atom stereocenters. The minimum atomic E-state index is -4.35. The highest BCUT2D eigenvalue weighted by molar-refractivity contribution is 8.00. The van der Waals surface area contributed by atoms with E-state index in [9.17, 15) is 13.2 Å². The third-order valence-corrected chi connectivity index (χ3v) is 4.07. The number of hydrogen-bond acceptors (Lipinski definition) is 3. The summed E-state index contributed by atoms with van der Waals surface area (Å²) in [6, 6.07) is 9.58. The van der Waals surface area contributed by atoms with Crippen LogP contribution in [0.3, 0.4) is 0 Å². The molecule has 0 saturated heterocycles. The molecule has 0 bridgehead atoms. The summed E-state index contributed by atoms with van der Waals surface area (Å²) >= 11 is 2.35. The molecule has 0 aliphatic heterocycles. The van der Waals surface area contributed by atoms with Gasteiger partial charge in [0.2, 0.25) is 0 Å². The molecule has 17 heavy (non-hydrogen) atoms. The lowest BCUT2D eigenvalue weighted by molar-refractivity contribution is -0.141. The molecule has 1 nitrogen and oxygen atoms in total. The molecule has 0 radical (unpaired) electrons. The molecular formula is C11H8F3NS2. The zero-order chi connectivity index (χ0) is 12.3. The molecule has 2 aromatic rings. The Morgan fingerprint density at radius 2 is 1.88 bits per heavy atom. The van der Waals surface area contributed by atoms with Crippen LogP contribution in [0.5, 0.6) is 0 Å². The Hall–Kier alpha value is -1.01. The SMILES string of the molecule is FC(F)(F)c1csc(SCc2ccccc2)n1. The lowest BCUT2D eigenvalue weighted by Gasteiger charge is -2.00. The van der Waals surface area contributed by atoms with E-state index >= 15 is 0 Å². The Balaban J connectivity index is 1.99. The monoisotopic (exact) mass is 275 g/mol. The Morgan fingerprint density at radius 3 is 2.47 bits per heavy atom. The number of benzene rings is 1. The fourth-order valence-electron chi connectivity index (χ4n) is 1.17. The minimum Gasteiger partial charge on any atom is -0.225 e. The smallest absolute Gasteiger partial charge is 0.225 e. The topological polar surface area (TPSA) is 12.9 Å². The van der Waals surface area contributed by atoms with Crippen molar-refractivity contribution >= 4 is 23.1 Å². The summed E-state index contributed by atoms with van der Waals surface area (Å²) in [5.41, 5.74) is 0.263. The summed E-state index contributed by atoms with van der Waals surface area (Å²) in [7, 11) is 0. The minimum absolute atomic E-state index is 0.446. The van der Waals surface area contributed by atoms with E-state index in [1.54, 1.807) is 0 Å². The van der Waals surface area contributed by atoms with E-state index < -0.39 is 11.9 Å². The molecule has 0 aliphatic carbocycles. The standard InChI is InChI=1S/C11H8F3NS2/c12-11(13,14)9-7-17-10(15-9)16-6-8-4-2-1-3-5-8/h1-5,7H,6H2. The quantitative estimate of drug-likeness (QED) is 0.767. The Kier molecular flexibility index (Phi) is 3.73. The van der Waals surface area contributed by atoms with Crippen LogP contribution in [0, 0.1) is 0 Å². The molecular weight excluding hydrogens is 267 g/mol. The first kappa shape index (κ1) is 12.4. The van der Waals surface area contributed by atoms with Gasteiger partial charge in [0.15, 0.2) is 10.0 Å². The number of rotatable bonds is 3. The highest BCUT2D eigenvalue weighted by Crippen LogP contribution is 2.34. The maximum absolute atomic E-state index is 12.3. The molecule has 0 unspecified atom stereocenters. The molecule has 1 heterocycles. The van der Waals surface area contributed by atoms with Gasteiger partial charge < -0.3 is 0 Å². The van der Waals surface area contributed by atoms with Crippen molar-refractivity contribution in [3.63, 3.8) is 0 Å². The van der Waals surface area contributed by atoms with Gasteiger partial charge in [-0.2, -0.15) is 13.2 Å². The summed E-state index contributed by atoms with van der Waals surface area (Å²) in [6.07, 6.45) is -4.35. The van der Waals surface area contributed by atoms with Crippen LogP contribution >= 0.6 is 23.1 Å². The van der Waals surface area contributed by atoms with E-state index in [4.69, 9.17) is 0 Å². The second-order valence-corrected chi connectivity index (χ2v) is 5.35. The van der Waals surface area contributed by atoms with E-state index in [0.717, 1.165) is 22.3 Å². The van der Waals surface area contributed by atoms with E-state index in [1.165, 1.54) is 11.8 Å². The van der Waals surface area contributed by atoms with Gasteiger partial charge in [-0.25, -0.2) is 4.98 Å². The highest BCUT2D eigenvalue weighted by Gasteiger charge is 2.33. The van der Waals surface area contributed by atoms with E-state index in [-0.39, 0.29) is 0 Å².